The lowest BCUT2D eigenvalue weighted by atomic mass is 9.87. The Kier molecular flexibility index (Phi) is 10.9. The van der Waals surface area contributed by atoms with Gasteiger partial charge < -0.3 is 18.6 Å². The summed E-state index contributed by atoms with van der Waals surface area (Å²) in [6.07, 6.45) is -8.60. The number of hydrogen-bond donors (Lipinski definition) is 1. The monoisotopic (exact) mass is 675 g/mol. The first kappa shape index (κ1) is 39.2. The fourth-order valence-electron chi connectivity index (χ4n) is 2.68. The number of carbonyl (C=O) groups excluding carboxylic acids is 1. The third-order valence-corrected chi connectivity index (χ3v) is 8.11. The normalized spacial score (nSPS) is 15.8. The van der Waals surface area contributed by atoms with E-state index in [1.807, 2.05) is 0 Å². The van der Waals surface area contributed by atoms with Crippen molar-refractivity contribution in [3.05, 3.63) is 0 Å². The van der Waals surface area contributed by atoms with E-state index in [1.54, 1.807) is 0 Å². The average molecular weight is 675 g/mol. The topological polar surface area (TPSA) is 56.8 Å². The molecule has 5 nitrogen and oxygen atoms in total. The average Bonchev–Trinajstić information content (AvgIpc) is 2.82. The molecule has 0 fully saturated rings. The van der Waals surface area contributed by atoms with E-state index in [-0.39, 0.29) is 0 Å². The maximum atomic E-state index is 13.9. The van der Waals surface area contributed by atoms with Crippen molar-refractivity contribution in [2.24, 2.45) is 0 Å². The third-order valence-electron chi connectivity index (χ3n) is 5.28. The lowest BCUT2D eigenvalue weighted by Crippen LogP contribution is -2.76. The van der Waals surface area contributed by atoms with Gasteiger partial charge in [0.1, 0.15) is 0 Å². The number of amides is 1. The molecule has 0 saturated heterocycles. The van der Waals surface area contributed by atoms with Crippen molar-refractivity contribution >= 4 is 14.7 Å². The fraction of sp³-hybridized carbons (Fsp3) is 0.938. The van der Waals surface area contributed by atoms with Gasteiger partial charge in [0.2, 0.25) is 0 Å². The summed E-state index contributed by atoms with van der Waals surface area (Å²) in [4.78, 5) is 11.4. The Morgan fingerprint density at radius 3 is 1.12 bits per heavy atom. The molecule has 0 rings (SSSR count). The van der Waals surface area contributed by atoms with Crippen LogP contribution in [-0.4, -0.2) is 96.1 Å². The van der Waals surface area contributed by atoms with E-state index in [4.69, 9.17) is 13.3 Å². The van der Waals surface area contributed by atoms with E-state index >= 15 is 0 Å². The van der Waals surface area contributed by atoms with Crippen LogP contribution in [0.1, 0.15) is 6.42 Å². The highest BCUT2D eigenvalue weighted by molar-refractivity contribution is 6.60. The minimum absolute atomic E-state index is 0.439. The van der Waals surface area contributed by atoms with E-state index in [2.05, 4.69) is 0 Å². The Balaban J connectivity index is 6.43. The van der Waals surface area contributed by atoms with Crippen molar-refractivity contribution in [3.63, 3.8) is 0 Å². The van der Waals surface area contributed by atoms with Gasteiger partial charge in [0.25, 0.3) is 5.91 Å². The fourth-order valence-corrected chi connectivity index (χ4v) is 4.40. The molecule has 1 N–H and O–H groups in total. The summed E-state index contributed by atoms with van der Waals surface area (Å²) < 4.78 is 267. The van der Waals surface area contributed by atoms with Gasteiger partial charge in [-0.1, -0.05) is 0 Å². The summed E-state index contributed by atoms with van der Waals surface area (Å²) in [6.45, 7) is -1.25. The Morgan fingerprint density at radius 2 is 0.829 bits per heavy atom. The summed E-state index contributed by atoms with van der Waals surface area (Å²) in [5.74, 6) is -72.1. The molecular formula is C16H16F19NO4Si. The van der Waals surface area contributed by atoms with Crippen molar-refractivity contribution in [3.8, 4) is 0 Å². The molecule has 0 aliphatic rings. The second-order valence-corrected chi connectivity index (χ2v) is 10.8. The van der Waals surface area contributed by atoms with Crippen LogP contribution in [0.5, 0.6) is 0 Å². The highest BCUT2D eigenvalue weighted by atomic mass is 28.4. The van der Waals surface area contributed by atoms with Gasteiger partial charge in [-0.15, -0.1) is 0 Å². The van der Waals surface area contributed by atoms with Crippen molar-refractivity contribution in [1.29, 1.82) is 0 Å². The zero-order valence-electron chi connectivity index (χ0n) is 19.9. The highest BCUT2D eigenvalue weighted by Gasteiger charge is 2.97. The molecule has 0 aromatic rings. The third kappa shape index (κ3) is 5.78. The number of nitrogens with one attached hydrogen (secondary N) is 1. The lowest BCUT2D eigenvalue weighted by Gasteiger charge is -2.43. The van der Waals surface area contributed by atoms with Crippen LogP contribution in [0.25, 0.3) is 0 Å². The number of rotatable bonds is 15. The summed E-state index contributed by atoms with van der Waals surface area (Å²) >= 11 is 0. The highest BCUT2D eigenvalue weighted by Crippen LogP contribution is 2.65. The van der Waals surface area contributed by atoms with Gasteiger partial charge in [0.15, 0.2) is 0 Å². The minimum atomic E-state index is -9.05. The summed E-state index contributed by atoms with van der Waals surface area (Å²) in [6, 6.07) is -0.439. The second-order valence-electron chi connectivity index (χ2n) is 7.75. The Morgan fingerprint density at radius 1 is 0.537 bits per heavy atom. The Labute approximate surface area is 216 Å². The molecule has 0 aromatic carbocycles. The van der Waals surface area contributed by atoms with Crippen LogP contribution < -0.4 is 5.32 Å². The molecule has 0 radical (unpaired) electrons. The molecule has 0 unspecified atom stereocenters. The summed E-state index contributed by atoms with van der Waals surface area (Å²) in [7, 11) is -0.569. The van der Waals surface area contributed by atoms with Crippen molar-refractivity contribution in [2.45, 2.75) is 66.0 Å². The molecule has 0 bridgehead atoms. The summed E-state index contributed by atoms with van der Waals surface area (Å²) in [5.41, 5.74) is 0. The lowest BCUT2D eigenvalue weighted by molar-refractivity contribution is -0.467. The molecular weight excluding hydrogens is 659 g/mol. The molecule has 0 aliphatic heterocycles. The SMILES string of the molecule is CO[Si](CCCNC(=O)C(F)(F)C(F)(F)C(F)(F)C(F)(F)C(F)(F)C(F)(F)C(F)(F)C(F)(F)C(F)(F)F)(OC)OC. The van der Waals surface area contributed by atoms with Crippen molar-refractivity contribution in [2.75, 3.05) is 27.9 Å². The molecule has 246 valence electrons. The first-order chi connectivity index (χ1) is 17.8. The van der Waals surface area contributed by atoms with Crippen LogP contribution in [0.4, 0.5) is 83.4 Å². The number of halogens is 19. The first-order valence-corrected chi connectivity index (χ1v) is 11.8. The van der Waals surface area contributed by atoms with E-state index in [0.29, 0.717) is 0 Å². The number of hydrogen-bond acceptors (Lipinski definition) is 4. The summed E-state index contributed by atoms with van der Waals surface area (Å²) in [5, 5.41) is 0.756. The maximum Gasteiger partial charge on any atom is 0.500 e. The van der Waals surface area contributed by atoms with Gasteiger partial charge in [-0.3, -0.25) is 4.79 Å². The standard InChI is InChI=1S/C16H16F19NO4Si/c1-38-41(39-2,40-3)6-4-5-36-7(37)8(17,18)9(19,20)10(21,22)11(23,24)12(25,26)13(27,28)14(29,30)15(31,32)16(33,34)35/h4-6H2,1-3H3,(H,36,37). The van der Waals surface area contributed by atoms with E-state index < -0.39 is 87.3 Å². The van der Waals surface area contributed by atoms with E-state index in [1.165, 1.54) is 0 Å². The predicted octanol–water partition coefficient (Wildman–Crippen LogP) is 6.02. The van der Waals surface area contributed by atoms with Gasteiger partial charge in [-0.25, -0.2) is 0 Å². The molecule has 41 heavy (non-hydrogen) atoms. The molecule has 1 amide bonds. The molecule has 0 atom stereocenters. The molecule has 0 spiro atoms. The van der Waals surface area contributed by atoms with Crippen LogP contribution in [0.3, 0.4) is 0 Å². The second kappa shape index (κ2) is 11.4. The number of alkyl halides is 19. The minimum Gasteiger partial charge on any atom is -0.377 e. The maximum absolute atomic E-state index is 13.9. The zero-order valence-corrected chi connectivity index (χ0v) is 20.9. The Hall–Kier alpha value is -1.76. The van der Waals surface area contributed by atoms with E-state index in [9.17, 15) is 88.2 Å². The quantitative estimate of drug-likeness (QED) is 0.131. The van der Waals surface area contributed by atoms with Crippen LogP contribution in [0.2, 0.25) is 6.04 Å². The van der Waals surface area contributed by atoms with Crippen LogP contribution in [0.15, 0.2) is 0 Å². The van der Waals surface area contributed by atoms with Gasteiger partial charge in [-0.2, -0.15) is 83.4 Å². The molecule has 0 saturated carbocycles. The largest absolute Gasteiger partial charge is 0.500 e. The van der Waals surface area contributed by atoms with Crippen molar-refractivity contribution < 1.29 is 101 Å². The van der Waals surface area contributed by atoms with Gasteiger partial charge in [0.05, 0.1) is 0 Å². The van der Waals surface area contributed by atoms with E-state index in [0.717, 1.165) is 26.6 Å². The van der Waals surface area contributed by atoms with Gasteiger partial charge >= 0.3 is 62.4 Å². The van der Waals surface area contributed by atoms with Gasteiger partial charge in [-0.05, 0) is 6.42 Å². The van der Waals surface area contributed by atoms with Crippen molar-refractivity contribution in [1.82, 2.24) is 5.32 Å². The molecule has 0 aliphatic carbocycles. The number of carbonyl (C=O) groups is 1. The Bertz CT molecular complexity index is 911. The molecule has 25 heteroatoms. The van der Waals surface area contributed by atoms with Gasteiger partial charge in [0, 0.05) is 33.9 Å². The molecule has 0 aromatic heterocycles. The van der Waals surface area contributed by atoms with Crippen LogP contribution >= 0.6 is 0 Å². The first-order valence-electron chi connectivity index (χ1n) is 9.84. The molecule has 0 heterocycles. The zero-order chi connectivity index (χ0) is 33.5. The predicted molar refractivity (Wildman–Crippen MR) is 94.8 cm³/mol. The van der Waals surface area contributed by atoms with Crippen LogP contribution in [-0.2, 0) is 18.1 Å². The smallest absolute Gasteiger partial charge is 0.377 e. The van der Waals surface area contributed by atoms with Crippen LogP contribution in [0, 0.1) is 0 Å².